The lowest BCUT2D eigenvalue weighted by molar-refractivity contribution is 0.0946. The molecule has 0 atom stereocenters. The van der Waals surface area contributed by atoms with Gasteiger partial charge in [-0.3, -0.25) is 4.79 Å². The molecular formula is C19H24N2O5S. The summed E-state index contributed by atoms with van der Waals surface area (Å²) in [7, 11) is 0.797. The van der Waals surface area contributed by atoms with Crippen LogP contribution < -0.4 is 14.8 Å². The van der Waals surface area contributed by atoms with E-state index in [1.807, 2.05) is 6.92 Å². The van der Waals surface area contributed by atoms with Gasteiger partial charge < -0.3 is 14.8 Å². The molecule has 0 aliphatic rings. The molecule has 0 fully saturated rings. The summed E-state index contributed by atoms with van der Waals surface area (Å²) in [4.78, 5) is 12.7. The van der Waals surface area contributed by atoms with Crippen molar-refractivity contribution in [3.8, 4) is 11.5 Å². The van der Waals surface area contributed by atoms with E-state index in [9.17, 15) is 13.2 Å². The Hall–Kier alpha value is -2.58. The lowest BCUT2D eigenvalue weighted by atomic mass is 10.1. The molecule has 0 unspecified atom stereocenters. The normalized spacial score (nSPS) is 11.3. The molecule has 7 nitrogen and oxygen atoms in total. The van der Waals surface area contributed by atoms with Crippen LogP contribution in [-0.4, -0.2) is 53.0 Å². The summed E-state index contributed by atoms with van der Waals surface area (Å²) in [5, 5.41) is 2.71. The van der Waals surface area contributed by atoms with Crippen molar-refractivity contribution in [2.45, 2.75) is 11.8 Å². The molecule has 1 amide bonds. The number of nitrogens with one attached hydrogen (secondary N) is 1. The van der Waals surface area contributed by atoms with Gasteiger partial charge in [-0.2, -0.15) is 4.31 Å². The quantitative estimate of drug-likeness (QED) is 0.743. The Balaban J connectivity index is 2.04. The topological polar surface area (TPSA) is 84.9 Å². The number of hydrogen-bond donors (Lipinski definition) is 1. The summed E-state index contributed by atoms with van der Waals surface area (Å²) in [5.41, 5.74) is 1.25. The molecule has 0 spiro atoms. The molecule has 27 heavy (non-hydrogen) atoms. The van der Waals surface area contributed by atoms with Crippen LogP contribution in [0.25, 0.3) is 0 Å². The van der Waals surface area contributed by atoms with Gasteiger partial charge in [0.25, 0.3) is 5.91 Å². The molecule has 2 rings (SSSR count). The fraction of sp³-hybridized carbons (Fsp3) is 0.316. The van der Waals surface area contributed by atoms with E-state index >= 15 is 0 Å². The second kappa shape index (κ2) is 8.88. The van der Waals surface area contributed by atoms with Crippen molar-refractivity contribution in [3.63, 3.8) is 0 Å². The number of nitrogens with zero attached hydrogens (tertiary/aromatic N) is 1. The second-order valence-electron chi connectivity index (χ2n) is 5.93. The highest BCUT2D eigenvalue weighted by molar-refractivity contribution is 7.89. The van der Waals surface area contributed by atoms with E-state index in [0.29, 0.717) is 11.5 Å². The molecule has 8 heteroatoms. The lowest BCUT2D eigenvalue weighted by Crippen LogP contribution is -2.36. The molecule has 1 N–H and O–H groups in total. The summed E-state index contributed by atoms with van der Waals surface area (Å²) < 4.78 is 36.8. The molecular weight excluding hydrogens is 368 g/mol. The van der Waals surface area contributed by atoms with Crippen LogP contribution >= 0.6 is 0 Å². The number of aryl methyl sites for hydroxylation is 1. The van der Waals surface area contributed by atoms with Crippen molar-refractivity contribution in [3.05, 3.63) is 53.6 Å². The maximum atomic E-state index is 12.6. The van der Waals surface area contributed by atoms with Gasteiger partial charge in [-0.15, -0.1) is 0 Å². The van der Waals surface area contributed by atoms with Gasteiger partial charge >= 0.3 is 0 Å². The minimum Gasteiger partial charge on any atom is -0.496 e. The minimum absolute atomic E-state index is 0.124. The molecule has 0 aliphatic carbocycles. The van der Waals surface area contributed by atoms with E-state index < -0.39 is 15.9 Å². The van der Waals surface area contributed by atoms with Gasteiger partial charge in [0.1, 0.15) is 17.1 Å². The number of carbonyl (C=O) groups excluding carboxylic acids is 1. The number of likely N-dealkylation sites (N-methyl/N-ethyl adjacent to an activating group) is 1. The van der Waals surface area contributed by atoms with Crippen LogP contribution in [0.5, 0.6) is 11.5 Å². The van der Waals surface area contributed by atoms with Gasteiger partial charge in [-0.05, 0) is 31.2 Å². The highest BCUT2D eigenvalue weighted by atomic mass is 32.2. The molecule has 0 radical (unpaired) electrons. The van der Waals surface area contributed by atoms with E-state index in [4.69, 9.17) is 9.47 Å². The third kappa shape index (κ3) is 4.78. The summed E-state index contributed by atoms with van der Waals surface area (Å²) in [5.74, 6) is 0.366. The monoisotopic (exact) mass is 392 g/mol. The summed E-state index contributed by atoms with van der Waals surface area (Å²) in [6.45, 7) is 2.16. The van der Waals surface area contributed by atoms with Crippen LogP contribution in [0.1, 0.15) is 15.9 Å². The number of carbonyl (C=O) groups is 1. The number of sulfonamides is 1. The summed E-state index contributed by atoms with van der Waals surface area (Å²) in [6.07, 6.45) is 0. The first-order valence-electron chi connectivity index (χ1n) is 8.33. The molecule has 0 saturated carbocycles. The van der Waals surface area contributed by atoms with Gasteiger partial charge in [0.15, 0.2) is 0 Å². The average molecular weight is 392 g/mol. The zero-order chi connectivity index (χ0) is 20.0. The fourth-order valence-corrected chi connectivity index (χ4v) is 3.67. The highest BCUT2D eigenvalue weighted by Crippen LogP contribution is 2.27. The van der Waals surface area contributed by atoms with Gasteiger partial charge in [-0.1, -0.05) is 23.8 Å². The molecule has 2 aromatic rings. The molecule has 0 saturated heterocycles. The van der Waals surface area contributed by atoms with E-state index in [1.165, 1.54) is 25.6 Å². The third-order valence-electron chi connectivity index (χ3n) is 4.10. The number of amides is 1. The zero-order valence-corrected chi connectivity index (χ0v) is 16.7. The lowest BCUT2D eigenvalue weighted by Gasteiger charge is -2.18. The number of hydrogen-bond acceptors (Lipinski definition) is 5. The minimum atomic E-state index is -3.61. The molecule has 2 aromatic carbocycles. The Bertz CT molecular complexity index is 873. The van der Waals surface area contributed by atoms with Crippen LogP contribution in [0.15, 0.2) is 47.4 Å². The van der Waals surface area contributed by atoms with Crippen molar-refractivity contribution in [2.24, 2.45) is 0 Å². The fourth-order valence-electron chi connectivity index (χ4n) is 2.50. The maximum absolute atomic E-state index is 12.6. The SMILES string of the molecule is COc1cccc(OC)c1C(=O)NCCN(C)S(=O)(=O)c1ccc(C)cc1. The van der Waals surface area contributed by atoms with Crippen molar-refractivity contribution in [1.29, 1.82) is 0 Å². The van der Waals surface area contributed by atoms with Crippen molar-refractivity contribution < 1.29 is 22.7 Å². The largest absolute Gasteiger partial charge is 0.496 e. The van der Waals surface area contributed by atoms with E-state index in [2.05, 4.69) is 5.32 Å². The standard InChI is InChI=1S/C19H24N2O5S/c1-14-8-10-15(11-9-14)27(23,24)21(2)13-12-20-19(22)18-16(25-3)6-5-7-17(18)26-4/h5-11H,12-13H2,1-4H3,(H,20,22). The number of benzene rings is 2. The molecule has 0 heterocycles. The molecule has 0 bridgehead atoms. The molecule has 0 aromatic heterocycles. The predicted octanol–water partition coefficient (Wildman–Crippen LogP) is 2.06. The third-order valence-corrected chi connectivity index (χ3v) is 5.97. The Morgan fingerprint density at radius 2 is 1.59 bits per heavy atom. The number of methoxy groups -OCH3 is 2. The molecule has 146 valence electrons. The Labute approximate surface area is 160 Å². The Kier molecular flexibility index (Phi) is 6.81. The van der Waals surface area contributed by atoms with Crippen LogP contribution in [0.3, 0.4) is 0 Å². The Morgan fingerprint density at radius 3 is 2.11 bits per heavy atom. The van der Waals surface area contributed by atoms with Crippen LogP contribution in [-0.2, 0) is 10.0 Å². The molecule has 0 aliphatic heterocycles. The van der Waals surface area contributed by atoms with Crippen LogP contribution in [0.4, 0.5) is 0 Å². The first-order valence-corrected chi connectivity index (χ1v) is 9.77. The highest BCUT2D eigenvalue weighted by Gasteiger charge is 2.22. The first kappa shape index (κ1) is 20.7. The van der Waals surface area contributed by atoms with Gasteiger partial charge in [0, 0.05) is 20.1 Å². The van der Waals surface area contributed by atoms with Gasteiger partial charge in [-0.25, -0.2) is 8.42 Å². The predicted molar refractivity (Wildman–Crippen MR) is 103 cm³/mol. The zero-order valence-electron chi connectivity index (χ0n) is 15.9. The van der Waals surface area contributed by atoms with Gasteiger partial charge in [0.05, 0.1) is 19.1 Å². The van der Waals surface area contributed by atoms with Crippen LogP contribution in [0, 0.1) is 6.92 Å². The second-order valence-corrected chi connectivity index (χ2v) is 7.98. The van der Waals surface area contributed by atoms with Crippen molar-refractivity contribution in [2.75, 3.05) is 34.4 Å². The first-order chi connectivity index (χ1) is 12.8. The van der Waals surface area contributed by atoms with E-state index in [1.54, 1.807) is 42.5 Å². The maximum Gasteiger partial charge on any atom is 0.258 e. The Morgan fingerprint density at radius 1 is 1.04 bits per heavy atom. The van der Waals surface area contributed by atoms with E-state index in [0.717, 1.165) is 5.56 Å². The van der Waals surface area contributed by atoms with Crippen LogP contribution in [0.2, 0.25) is 0 Å². The van der Waals surface area contributed by atoms with Gasteiger partial charge in [0.2, 0.25) is 10.0 Å². The number of ether oxygens (including phenoxy) is 2. The number of rotatable bonds is 8. The summed E-state index contributed by atoms with van der Waals surface area (Å²) >= 11 is 0. The van der Waals surface area contributed by atoms with Crippen molar-refractivity contribution in [1.82, 2.24) is 9.62 Å². The summed E-state index contributed by atoms with van der Waals surface area (Å²) in [6, 6.07) is 11.7. The average Bonchev–Trinajstić information content (AvgIpc) is 2.67. The van der Waals surface area contributed by atoms with Crippen molar-refractivity contribution >= 4 is 15.9 Å². The smallest absolute Gasteiger partial charge is 0.258 e. The van der Waals surface area contributed by atoms with E-state index in [-0.39, 0.29) is 23.5 Å².